The van der Waals surface area contributed by atoms with Crippen LogP contribution in [0.2, 0.25) is 0 Å². The molecule has 2 atom stereocenters. The van der Waals surface area contributed by atoms with E-state index in [1.807, 2.05) is 24.3 Å². The van der Waals surface area contributed by atoms with Gasteiger partial charge in [-0.05, 0) is 44.0 Å². The monoisotopic (exact) mass is 365 g/mol. The van der Waals surface area contributed by atoms with Crippen LogP contribution in [0.5, 0.6) is 0 Å². The lowest BCUT2D eigenvalue weighted by Crippen LogP contribution is -2.48. The van der Waals surface area contributed by atoms with Gasteiger partial charge in [-0.25, -0.2) is 0 Å². The molecular formula is C16H20BrN3O2. The second-order valence-electron chi connectivity index (χ2n) is 5.86. The van der Waals surface area contributed by atoms with Crippen LogP contribution < -0.4 is 15.5 Å². The molecule has 0 aromatic heterocycles. The third-order valence-electron chi connectivity index (χ3n) is 4.29. The van der Waals surface area contributed by atoms with E-state index in [1.54, 1.807) is 4.90 Å². The molecule has 2 heterocycles. The first-order valence-electron chi connectivity index (χ1n) is 7.73. The van der Waals surface area contributed by atoms with Gasteiger partial charge in [0.05, 0.1) is 0 Å². The summed E-state index contributed by atoms with van der Waals surface area (Å²) in [6.45, 7) is 2.39. The number of hydrogen-bond donors (Lipinski definition) is 2. The van der Waals surface area contributed by atoms with E-state index in [2.05, 4.69) is 26.6 Å². The Bertz CT molecular complexity index is 572. The maximum Gasteiger partial charge on any atom is 0.239 e. The summed E-state index contributed by atoms with van der Waals surface area (Å²) in [5, 5.41) is 6.28. The molecule has 0 bridgehead atoms. The zero-order valence-corrected chi connectivity index (χ0v) is 13.9. The summed E-state index contributed by atoms with van der Waals surface area (Å²) in [5.41, 5.74) is 0.842. The first-order valence-corrected chi connectivity index (χ1v) is 8.52. The number of carbonyl (C=O) groups is 2. The van der Waals surface area contributed by atoms with Crippen molar-refractivity contribution in [3.05, 3.63) is 28.7 Å². The Morgan fingerprint density at radius 3 is 2.95 bits per heavy atom. The maximum atomic E-state index is 12.5. The van der Waals surface area contributed by atoms with Crippen LogP contribution in [0.4, 0.5) is 5.69 Å². The van der Waals surface area contributed by atoms with Crippen LogP contribution >= 0.6 is 15.9 Å². The van der Waals surface area contributed by atoms with E-state index in [1.165, 1.54) is 0 Å². The van der Waals surface area contributed by atoms with E-state index in [0.717, 1.165) is 36.1 Å². The first-order chi connectivity index (χ1) is 10.6. The molecule has 0 saturated carbocycles. The van der Waals surface area contributed by atoms with Gasteiger partial charge in [-0.2, -0.15) is 0 Å². The molecule has 0 aliphatic carbocycles. The number of nitrogens with one attached hydrogen (secondary N) is 2. The number of anilines is 1. The number of rotatable bonds is 3. The summed E-state index contributed by atoms with van der Waals surface area (Å²) in [6.07, 6.45) is 2.63. The van der Waals surface area contributed by atoms with Crippen molar-refractivity contribution >= 4 is 33.4 Å². The quantitative estimate of drug-likeness (QED) is 0.801. The van der Waals surface area contributed by atoms with Crippen molar-refractivity contribution < 1.29 is 9.59 Å². The molecule has 118 valence electrons. The molecule has 2 aliphatic rings. The normalized spacial score (nSPS) is 25.3. The van der Waals surface area contributed by atoms with Gasteiger partial charge in [0, 0.05) is 29.3 Å². The highest BCUT2D eigenvalue weighted by Crippen LogP contribution is 2.27. The van der Waals surface area contributed by atoms with E-state index >= 15 is 0 Å². The van der Waals surface area contributed by atoms with Crippen LogP contribution in [0.15, 0.2) is 28.7 Å². The number of piperidine rings is 1. The largest absolute Gasteiger partial charge is 0.351 e. The fraction of sp³-hybridized carbons (Fsp3) is 0.500. The molecule has 1 unspecified atom stereocenters. The average molecular weight is 366 g/mol. The predicted octanol–water partition coefficient (Wildman–Crippen LogP) is 1.67. The Balaban J connectivity index is 1.64. The molecule has 2 aliphatic heterocycles. The summed E-state index contributed by atoms with van der Waals surface area (Å²) in [4.78, 5) is 26.6. The van der Waals surface area contributed by atoms with Crippen molar-refractivity contribution in [2.75, 3.05) is 24.5 Å². The smallest absolute Gasteiger partial charge is 0.239 e. The van der Waals surface area contributed by atoms with E-state index in [-0.39, 0.29) is 17.9 Å². The van der Waals surface area contributed by atoms with E-state index in [4.69, 9.17) is 0 Å². The lowest BCUT2D eigenvalue weighted by atomic mass is 10.0. The van der Waals surface area contributed by atoms with Crippen LogP contribution in [-0.4, -0.2) is 37.5 Å². The fourth-order valence-corrected chi connectivity index (χ4v) is 3.49. The van der Waals surface area contributed by atoms with Crippen molar-refractivity contribution in [2.45, 2.75) is 25.3 Å². The zero-order chi connectivity index (χ0) is 15.5. The highest BCUT2D eigenvalue weighted by atomic mass is 79.9. The Morgan fingerprint density at radius 1 is 1.36 bits per heavy atom. The highest BCUT2D eigenvalue weighted by Gasteiger charge is 2.38. The van der Waals surface area contributed by atoms with Gasteiger partial charge in [0.25, 0.3) is 0 Å². The van der Waals surface area contributed by atoms with Gasteiger partial charge < -0.3 is 15.5 Å². The third-order valence-corrected chi connectivity index (χ3v) is 4.78. The Hall–Kier alpha value is -1.40. The van der Waals surface area contributed by atoms with Crippen molar-refractivity contribution in [3.63, 3.8) is 0 Å². The standard InChI is InChI=1S/C16H20BrN3O2/c17-11-3-1-5-13(9-11)20-8-6-14(16(20)22)15(21)19-12-4-2-7-18-10-12/h1,3,5,9,12,14,18H,2,4,6-8,10H2,(H,19,21)/t12-,14?/m0/s1. The van der Waals surface area contributed by atoms with Gasteiger partial charge in [-0.1, -0.05) is 22.0 Å². The first kappa shape index (κ1) is 15.5. The lowest BCUT2D eigenvalue weighted by molar-refractivity contribution is -0.132. The molecule has 5 nitrogen and oxygen atoms in total. The summed E-state index contributed by atoms with van der Waals surface area (Å²) in [6, 6.07) is 7.77. The number of benzene rings is 1. The zero-order valence-electron chi connectivity index (χ0n) is 12.3. The third kappa shape index (κ3) is 3.33. The van der Waals surface area contributed by atoms with Gasteiger partial charge >= 0.3 is 0 Å². The van der Waals surface area contributed by atoms with E-state index in [0.29, 0.717) is 13.0 Å². The molecule has 6 heteroatoms. The van der Waals surface area contributed by atoms with Crippen molar-refractivity contribution in [1.82, 2.24) is 10.6 Å². The fourth-order valence-electron chi connectivity index (χ4n) is 3.10. The molecule has 2 saturated heterocycles. The van der Waals surface area contributed by atoms with Gasteiger partial charge in [-0.3, -0.25) is 9.59 Å². The van der Waals surface area contributed by atoms with Gasteiger partial charge in [0.2, 0.25) is 11.8 Å². The molecular weight excluding hydrogens is 346 g/mol. The Morgan fingerprint density at radius 2 is 2.23 bits per heavy atom. The predicted molar refractivity (Wildman–Crippen MR) is 88.6 cm³/mol. The molecule has 3 rings (SSSR count). The summed E-state index contributed by atoms with van der Waals surface area (Å²) in [5.74, 6) is -0.781. The summed E-state index contributed by atoms with van der Waals surface area (Å²) < 4.78 is 0.930. The molecule has 1 aromatic carbocycles. The Labute approximate surface area is 138 Å². The van der Waals surface area contributed by atoms with Gasteiger partial charge in [0.1, 0.15) is 5.92 Å². The molecule has 1 aromatic rings. The SMILES string of the molecule is O=C(N[C@H]1CCCNC1)C1CCN(c2cccc(Br)c2)C1=O. The van der Waals surface area contributed by atoms with Crippen molar-refractivity contribution in [2.24, 2.45) is 5.92 Å². The van der Waals surface area contributed by atoms with E-state index < -0.39 is 5.92 Å². The molecule has 2 fully saturated rings. The summed E-state index contributed by atoms with van der Waals surface area (Å²) in [7, 11) is 0. The van der Waals surface area contributed by atoms with Crippen molar-refractivity contribution in [3.8, 4) is 0 Å². The van der Waals surface area contributed by atoms with Crippen molar-refractivity contribution in [1.29, 1.82) is 0 Å². The average Bonchev–Trinajstić information content (AvgIpc) is 2.90. The van der Waals surface area contributed by atoms with Gasteiger partial charge in [-0.15, -0.1) is 0 Å². The van der Waals surface area contributed by atoms with Crippen LogP contribution in [0, 0.1) is 5.92 Å². The topological polar surface area (TPSA) is 61.4 Å². The minimum Gasteiger partial charge on any atom is -0.351 e. The highest BCUT2D eigenvalue weighted by molar-refractivity contribution is 9.10. The second kappa shape index (κ2) is 6.79. The number of amides is 2. The Kier molecular flexibility index (Phi) is 4.78. The number of hydrogen-bond acceptors (Lipinski definition) is 3. The molecule has 0 spiro atoms. The minimum absolute atomic E-state index is 0.0978. The lowest BCUT2D eigenvalue weighted by Gasteiger charge is -2.25. The molecule has 2 N–H and O–H groups in total. The minimum atomic E-state index is -0.555. The van der Waals surface area contributed by atoms with Crippen LogP contribution in [0.25, 0.3) is 0 Å². The van der Waals surface area contributed by atoms with Gasteiger partial charge in [0.15, 0.2) is 0 Å². The second-order valence-corrected chi connectivity index (χ2v) is 6.78. The van der Waals surface area contributed by atoms with E-state index in [9.17, 15) is 9.59 Å². The summed E-state index contributed by atoms with van der Waals surface area (Å²) >= 11 is 3.41. The van der Waals surface area contributed by atoms with Crippen LogP contribution in [-0.2, 0) is 9.59 Å². The molecule has 22 heavy (non-hydrogen) atoms. The number of carbonyl (C=O) groups excluding carboxylic acids is 2. The molecule has 0 radical (unpaired) electrons. The maximum absolute atomic E-state index is 12.5. The van der Waals surface area contributed by atoms with Crippen LogP contribution in [0.1, 0.15) is 19.3 Å². The molecule has 2 amide bonds. The number of nitrogens with zero attached hydrogens (tertiary/aromatic N) is 1. The number of halogens is 1. The van der Waals surface area contributed by atoms with Crippen LogP contribution in [0.3, 0.4) is 0 Å².